The maximum Gasteiger partial charge on any atom is 0.227 e. The van der Waals surface area contributed by atoms with Crippen molar-refractivity contribution >= 4 is 38.8 Å². The van der Waals surface area contributed by atoms with E-state index in [1.165, 1.54) is 10.4 Å². The van der Waals surface area contributed by atoms with Crippen LogP contribution >= 0.6 is 22.7 Å². The lowest BCUT2D eigenvalue weighted by atomic mass is 9.92. The zero-order chi connectivity index (χ0) is 25.2. The number of amides is 1. The Balaban J connectivity index is 1.61. The first-order valence-electron chi connectivity index (χ1n) is 12.2. The van der Waals surface area contributed by atoms with Crippen LogP contribution in [-0.2, 0) is 16.0 Å². The van der Waals surface area contributed by atoms with Crippen LogP contribution in [0.3, 0.4) is 0 Å². The van der Waals surface area contributed by atoms with Gasteiger partial charge in [-0.15, -0.1) is 22.7 Å². The van der Waals surface area contributed by atoms with Gasteiger partial charge >= 0.3 is 0 Å². The van der Waals surface area contributed by atoms with Gasteiger partial charge in [0.05, 0.1) is 22.7 Å². The van der Waals surface area contributed by atoms with Crippen molar-refractivity contribution in [1.82, 2.24) is 20.6 Å². The maximum atomic E-state index is 12.7. The highest BCUT2D eigenvalue weighted by Crippen LogP contribution is 2.47. The number of nitrogens with two attached hydrogens (primary N) is 1. The van der Waals surface area contributed by atoms with Crippen molar-refractivity contribution in [2.75, 3.05) is 26.8 Å². The van der Waals surface area contributed by atoms with E-state index < -0.39 is 5.92 Å². The van der Waals surface area contributed by atoms with Gasteiger partial charge in [-0.2, -0.15) is 0 Å². The smallest absolute Gasteiger partial charge is 0.227 e. The average molecular weight is 522 g/mol. The van der Waals surface area contributed by atoms with Gasteiger partial charge in [0.15, 0.2) is 0 Å². The van der Waals surface area contributed by atoms with E-state index >= 15 is 0 Å². The van der Waals surface area contributed by atoms with E-state index in [0.29, 0.717) is 25.7 Å². The number of hydrogen-bond acceptors (Lipinski definition) is 8. The molecule has 0 fully saturated rings. The Morgan fingerprint density at radius 1 is 1.28 bits per heavy atom. The second kappa shape index (κ2) is 10.7. The molecule has 4 N–H and O–H groups in total. The van der Waals surface area contributed by atoms with E-state index in [1.807, 2.05) is 12.3 Å². The summed E-state index contributed by atoms with van der Waals surface area (Å²) in [7, 11) is 1.67. The number of hydrogen-bond donors (Lipinski definition) is 3. The van der Waals surface area contributed by atoms with Crippen molar-refractivity contribution in [2.45, 2.75) is 38.3 Å². The molecule has 1 aliphatic heterocycles. The molecule has 0 aliphatic carbocycles. The summed E-state index contributed by atoms with van der Waals surface area (Å²) in [6.07, 6.45) is 4.55. The summed E-state index contributed by atoms with van der Waals surface area (Å²) in [4.78, 5) is 24.3. The van der Waals surface area contributed by atoms with Crippen LogP contribution in [0.2, 0.25) is 0 Å². The summed E-state index contributed by atoms with van der Waals surface area (Å²) >= 11 is 3.38. The van der Waals surface area contributed by atoms with E-state index in [-0.39, 0.29) is 11.9 Å². The van der Waals surface area contributed by atoms with Gasteiger partial charge in [0.25, 0.3) is 0 Å². The normalized spacial score (nSPS) is 18.3. The number of ether oxygens (including phenoxy) is 1. The second-order valence-corrected chi connectivity index (χ2v) is 11.4. The average Bonchev–Trinajstić information content (AvgIpc) is 3.45. The van der Waals surface area contributed by atoms with Gasteiger partial charge in [-0.3, -0.25) is 9.78 Å². The van der Waals surface area contributed by atoms with Crippen LogP contribution in [0.1, 0.15) is 41.1 Å². The highest BCUT2D eigenvalue weighted by atomic mass is 32.1. The fourth-order valence-corrected chi connectivity index (χ4v) is 7.50. The number of carbonyl (C=O) groups is 1. The molecular formula is C27H31N5O2S2. The Hall–Kier alpha value is -2.69. The Kier molecular flexibility index (Phi) is 7.45. The first-order valence-corrected chi connectivity index (χ1v) is 13.8. The number of thiazole rings is 1. The predicted molar refractivity (Wildman–Crippen MR) is 148 cm³/mol. The molecule has 1 amide bonds. The second-order valence-electron chi connectivity index (χ2n) is 9.27. The molecule has 3 atom stereocenters. The predicted octanol–water partition coefficient (Wildman–Crippen LogP) is 4.49. The van der Waals surface area contributed by atoms with E-state index in [9.17, 15) is 4.79 Å². The lowest BCUT2D eigenvalue weighted by Gasteiger charge is -2.26. The number of methoxy groups -OCH3 is 1. The molecule has 3 unspecified atom stereocenters. The maximum absolute atomic E-state index is 12.7. The van der Waals surface area contributed by atoms with Crippen molar-refractivity contribution in [3.63, 3.8) is 0 Å². The van der Waals surface area contributed by atoms with E-state index in [2.05, 4.69) is 53.7 Å². The number of aromatic nitrogens is 2. The molecule has 0 saturated heterocycles. The van der Waals surface area contributed by atoms with Crippen LogP contribution in [0.25, 0.3) is 31.9 Å². The number of thiophene rings is 1. The first-order chi connectivity index (χ1) is 17.5. The van der Waals surface area contributed by atoms with Crippen molar-refractivity contribution < 1.29 is 9.53 Å². The van der Waals surface area contributed by atoms with Gasteiger partial charge in [-0.05, 0) is 49.6 Å². The molecule has 5 rings (SSSR count). The van der Waals surface area contributed by atoms with Crippen molar-refractivity contribution in [3.8, 4) is 21.7 Å². The number of pyridine rings is 1. The molecule has 36 heavy (non-hydrogen) atoms. The summed E-state index contributed by atoms with van der Waals surface area (Å²) < 4.78 is 6.27. The van der Waals surface area contributed by atoms with Gasteiger partial charge in [-0.25, -0.2) is 4.98 Å². The van der Waals surface area contributed by atoms with Crippen molar-refractivity contribution in [2.24, 2.45) is 5.73 Å². The van der Waals surface area contributed by atoms with Crippen LogP contribution in [0, 0.1) is 0 Å². The van der Waals surface area contributed by atoms with E-state index in [0.717, 1.165) is 43.2 Å². The number of benzene rings is 1. The number of primary amides is 1. The monoisotopic (exact) mass is 521 g/mol. The molecule has 188 valence electrons. The third-order valence-electron chi connectivity index (χ3n) is 6.59. The highest BCUT2D eigenvalue weighted by Gasteiger charge is 2.34. The number of nitrogens with one attached hydrogen (secondary N) is 2. The Morgan fingerprint density at radius 2 is 2.14 bits per heavy atom. The van der Waals surface area contributed by atoms with Gasteiger partial charge in [0.1, 0.15) is 5.01 Å². The quantitative estimate of drug-likeness (QED) is 0.281. The molecule has 9 heteroatoms. The number of fused-ring (bicyclic) bond motifs is 2. The van der Waals surface area contributed by atoms with Gasteiger partial charge in [0.2, 0.25) is 5.91 Å². The molecule has 1 aliphatic rings. The Morgan fingerprint density at radius 3 is 2.89 bits per heavy atom. The first kappa shape index (κ1) is 25.0. The molecule has 0 spiro atoms. The minimum atomic E-state index is -0.437. The summed E-state index contributed by atoms with van der Waals surface area (Å²) in [6, 6.07) is 10.9. The van der Waals surface area contributed by atoms with E-state index in [1.54, 1.807) is 36.0 Å². The van der Waals surface area contributed by atoms with Crippen LogP contribution in [0.15, 0.2) is 42.7 Å². The summed E-state index contributed by atoms with van der Waals surface area (Å²) in [5.74, 6) is -0.763. The minimum Gasteiger partial charge on any atom is -0.383 e. The summed E-state index contributed by atoms with van der Waals surface area (Å²) in [5.41, 5.74) is 11.5. The molecule has 4 aromatic rings. The standard InChI is InChI=1S/C27H31N5O2S2/c1-15-11-19-23(25(36-24(19)16(2)31-15)20(26(28)33)14-30-9-10-34-3)27-32-21-7-6-17(12-22(21)35-27)18-5-4-8-29-13-18/h4-8,12-13,15-16,20,30-31H,9-11,14H2,1-3H3,(H2,28,33). The lowest BCUT2D eigenvalue weighted by molar-refractivity contribution is -0.119. The van der Waals surface area contributed by atoms with Crippen LogP contribution in [0.5, 0.6) is 0 Å². The molecule has 1 aromatic carbocycles. The summed E-state index contributed by atoms with van der Waals surface area (Å²) in [5, 5.41) is 7.94. The van der Waals surface area contributed by atoms with Gasteiger partial charge in [0, 0.05) is 65.6 Å². The molecule has 4 heterocycles. The van der Waals surface area contributed by atoms with E-state index in [4.69, 9.17) is 15.5 Å². The zero-order valence-corrected chi connectivity index (χ0v) is 22.3. The van der Waals surface area contributed by atoms with Crippen LogP contribution < -0.4 is 16.4 Å². The van der Waals surface area contributed by atoms with Crippen molar-refractivity contribution in [3.05, 3.63) is 58.0 Å². The fraction of sp³-hybridized carbons (Fsp3) is 0.370. The Bertz CT molecular complexity index is 1370. The Labute approximate surface area is 219 Å². The van der Waals surface area contributed by atoms with Crippen molar-refractivity contribution in [1.29, 1.82) is 0 Å². The zero-order valence-electron chi connectivity index (χ0n) is 20.7. The largest absolute Gasteiger partial charge is 0.383 e. The fourth-order valence-electron chi connectivity index (χ4n) is 4.89. The van der Waals surface area contributed by atoms with Gasteiger partial charge < -0.3 is 21.1 Å². The number of nitrogens with zero attached hydrogens (tertiary/aromatic N) is 2. The third kappa shape index (κ3) is 4.94. The number of carbonyl (C=O) groups excluding carboxylic acids is 1. The topological polar surface area (TPSA) is 102 Å². The molecule has 3 aromatic heterocycles. The summed E-state index contributed by atoms with van der Waals surface area (Å²) in [6.45, 7) is 6.10. The van der Waals surface area contributed by atoms with Crippen LogP contribution in [-0.4, -0.2) is 48.7 Å². The van der Waals surface area contributed by atoms with Gasteiger partial charge in [-0.1, -0.05) is 12.1 Å². The molecule has 0 bridgehead atoms. The molecule has 7 nitrogen and oxygen atoms in total. The SMILES string of the molecule is COCCNCC(C(N)=O)c1sc2c(c1-c1nc3ccc(-c4cccnc4)cc3s1)CC(C)NC2C. The van der Waals surface area contributed by atoms with Crippen LogP contribution in [0.4, 0.5) is 0 Å². The number of rotatable bonds is 9. The molecule has 0 radical (unpaired) electrons. The molecular weight excluding hydrogens is 490 g/mol. The minimum absolute atomic E-state index is 0.211. The highest BCUT2D eigenvalue weighted by molar-refractivity contribution is 7.22. The lowest BCUT2D eigenvalue weighted by Crippen LogP contribution is -2.35. The molecule has 0 saturated carbocycles. The third-order valence-corrected chi connectivity index (χ3v) is 9.16.